The highest BCUT2D eigenvalue weighted by molar-refractivity contribution is 7.88. The maximum atomic E-state index is 14.7. The molecule has 0 spiro atoms. The molecule has 56 heavy (non-hydrogen) atoms. The minimum Gasteiger partial charge on any atom is -0.386 e. The number of nitriles is 1. The number of anilines is 1. The zero-order valence-corrected chi connectivity index (χ0v) is 35.0. The summed E-state index contributed by atoms with van der Waals surface area (Å²) >= 11 is 0. The van der Waals surface area contributed by atoms with Crippen molar-refractivity contribution in [1.82, 2.24) is 14.6 Å². The number of ether oxygens (including phenoxy) is 2. The van der Waals surface area contributed by atoms with E-state index in [1.165, 1.54) is 113 Å². The number of halogens is 1. The fourth-order valence-electron chi connectivity index (χ4n) is 7.86. The minimum absolute atomic E-state index is 0.0436. The highest BCUT2D eigenvalue weighted by Crippen LogP contribution is 2.64. The number of hydrogen-bond acceptors (Lipinski definition) is 10. The largest absolute Gasteiger partial charge is 0.386 e. The van der Waals surface area contributed by atoms with E-state index in [1.807, 2.05) is 6.07 Å². The van der Waals surface area contributed by atoms with Crippen LogP contribution in [0.15, 0.2) is 36.7 Å². The molecule has 1 aliphatic heterocycles. The first-order valence-electron chi connectivity index (χ1n) is 20.6. The number of nitrogens with zero attached hydrogens (tertiary/aromatic N) is 4. The van der Waals surface area contributed by atoms with Crippen LogP contribution in [0, 0.1) is 17.1 Å². The molecule has 3 heterocycles. The SMILES string of the molecule is CCCCCCCCCCCCCCCCCCC[C@H](COP(O)(=P)OC1[C@H]2O[C@@](C)(c3ccc4c(N)ncnn34)[C@H](O)[C@@]12O)OCc1ccc(C#N)cc1F. The molecule has 2 fully saturated rings. The molecule has 5 rings (SSSR count). The summed E-state index contributed by atoms with van der Waals surface area (Å²) in [5.41, 5.74) is 4.33. The summed E-state index contributed by atoms with van der Waals surface area (Å²) in [6.45, 7) is 3.79. The van der Waals surface area contributed by atoms with Crippen LogP contribution < -0.4 is 5.73 Å². The van der Waals surface area contributed by atoms with Gasteiger partial charge in [0.05, 0.1) is 36.6 Å². The summed E-state index contributed by atoms with van der Waals surface area (Å²) in [7, 11) is -0.485. The van der Waals surface area contributed by atoms with Crippen LogP contribution in [0.1, 0.15) is 146 Å². The van der Waals surface area contributed by atoms with Gasteiger partial charge in [-0.05, 0) is 46.1 Å². The number of nitrogens with two attached hydrogens (primary N) is 1. The van der Waals surface area contributed by atoms with Crippen LogP contribution in [-0.2, 0) is 30.7 Å². The Bertz CT molecular complexity index is 1790. The quantitative estimate of drug-likeness (QED) is 0.0427. The predicted molar refractivity (Wildman–Crippen MR) is 217 cm³/mol. The normalized spacial score (nSPS) is 24.6. The third kappa shape index (κ3) is 11.4. The van der Waals surface area contributed by atoms with Crippen molar-refractivity contribution in [2.24, 2.45) is 0 Å². The van der Waals surface area contributed by atoms with E-state index in [-0.39, 0.29) is 24.6 Å². The summed E-state index contributed by atoms with van der Waals surface area (Å²) in [5, 5.41) is 36.2. The molecule has 1 aromatic carbocycles. The second kappa shape index (κ2) is 21.0. The molecule has 15 heteroatoms. The molecule has 2 unspecified atom stereocenters. The van der Waals surface area contributed by atoms with Gasteiger partial charge in [0, 0.05) is 5.56 Å². The molecule has 5 N–H and O–H groups in total. The first-order chi connectivity index (χ1) is 26.9. The van der Waals surface area contributed by atoms with Crippen LogP contribution in [0.2, 0.25) is 0 Å². The smallest absolute Gasteiger partial charge is 0.274 e. The lowest BCUT2D eigenvalue weighted by Crippen LogP contribution is -2.46. The van der Waals surface area contributed by atoms with Gasteiger partial charge >= 0.3 is 0 Å². The molecular weight excluding hydrogens is 755 g/mol. The van der Waals surface area contributed by atoms with E-state index in [0.29, 0.717) is 23.2 Å². The van der Waals surface area contributed by atoms with Crippen LogP contribution >= 0.6 is 15.8 Å². The average molecular weight is 818 g/mol. The fraction of sp³-hybridized carbons (Fsp3) is 0.683. The zero-order chi connectivity index (χ0) is 40.2. The van der Waals surface area contributed by atoms with E-state index in [9.17, 15) is 19.5 Å². The minimum atomic E-state index is -3.73. The van der Waals surface area contributed by atoms with Gasteiger partial charge in [-0.3, -0.25) is 0 Å². The van der Waals surface area contributed by atoms with Gasteiger partial charge in [0.1, 0.15) is 41.6 Å². The number of aliphatic hydroxyl groups is 2. The van der Waals surface area contributed by atoms with Gasteiger partial charge in [-0.25, -0.2) is 13.9 Å². The van der Waals surface area contributed by atoms with Gasteiger partial charge in [-0.1, -0.05) is 122 Å². The van der Waals surface area contributed by atoms with Crippen LogP contribution in [0.25, 0.3) is 5.52 Å². The molecule has 310 valence electrons. The molecule has 0 amide bonds. The Morgan fingerprint density at radius 2 is 1.61 bits per heavy atom. The van der Waals surface area contributed by atoms with Crippen molar-refractivity contribution in [3.63, 3.8) is 0 Å². The summed E-state index contributed by atoms with van der Waals surface area (Å²) in [6, 6.07) is 9.60. The Morgan fingerprint density at radius 1 is 1.00 bits per heavy atom. The van der Waals surface area contributed by atoms with Crippen LogP contribution in [-0.4, -0.2) is 66.3 Å². The molecular formula is C41H62FN5O7P2. The maximum absolute atomic E-state index is 14.7. The van der Waals surface area contributed by atoms with E-state index in [2.05, 4.69) is 25.5 Å². The number of hydrogen-bond donors (Lipinski definition) is 4. The fourth-order valence-corrected chi connectivity index (χ4v) is 9.44. The summed E-state index contributed by atoms with van der Waals surface area (Å²) in [6.07, 6.45) is 19.5. The van der Waals surface area contributed by atoms with Gasteiger partial charge in [0.15, 0.2) is 11.4 Å². The third-order valence-electron chi connectivity index (χ3n) is 11.4. The van der Waals surface area contributed by atoms with E-state index in [0.717, 1.165) is 19.3 Å². The molecule has 0 bridgehead atoms. The first kappa shape index (κ1) is 44.6. The Labute approximate surface area is 333 Å². The second-order valence-electron chi connectivity index (χ2n) is 15.7. The molecule has 12 nitrogen and oxygen atoms in total. The van der Waals surface area contributed by atoms with E-state index < -0.39 is 48.7 Å². The molecule has 7 atom stereocenters. The number of nitrogen functional groups attached to an aromatic ring is 1. The zero-order valence-electron chi connectivity index (χ0n) is 33.1. The number of aliphatic hydroxyl groups excluding tert-OH is 1. The lowest BCUT2D eigenvalue weighted by atomic mass is 9.91. The van der Waals surface area contributed by atoms with Crippen molar-refractivity contribution in [3.8, 4) is 6.07 Å². The van der Waals surface area contributed by atoms with E-state index in [1.54, 1.807) is 25.1 Å². The van der Waals surface area contributed by atoms with E-state index in [4.69, 9.17) is 29.5 Å². The lowest BCUT2D eigenvalue weighted by molar-refractivity contribution is -0.125. The van der Waals surface area contributed by atoms with Crippen molar-refractivity contribution in [3.05, 3.63) is 59.3 Å². The Hall–Kier alpha value is -2.49. The molecule has 0 radical (unpaired) electrons. The molecule has 2 aromatic heterocycles. The predicted octanol–water partition coefficient (Wildman–Crippen LogP) is 8.88. The lowest BCUT2D eigenvalue weighted by Gasteiger charge is -2.33. The first-order valence-corrected chi connectivity index (χ1v) is 23.5. The number of aromatic nitrogens is 3. The number of rotatable bonds is 27. The number of benzene rings is 1. The maximum Gasteiger partial charge on any atom is 0.274 e. The molecule has 1 saturated carbocycles. The van der Waals surface area contributed by atoms with Crippen LogP contribution in [0.3, 0.4) is 0 Å². The number of unbranched alkanes of at least 4 members (excludes halogenated alkanes) is 16. The highest BCUT2D eigenvalue weighted by atomic mass is 31.8. The van der Waals surface area contributed by atoms with Gasteiger partial charge in [-0.15, -0.1) is 0 Å². The standard InChI is InChI=1S/C41H62FN5O7P2/c1-3-4-5-6-7-8-9-10-11-12-13-14-15-16-17-18-19-20-32(51-27-31-22-21-30(26-43)25-33(31)42)28-52-56(50,55)54-37-36-41(37,49)39(48)40(2,53-36)35-24-23-34-38(44)45-29-46-47(34)35/h21-25,29,32,36-37,39,48-50,55H,3-20,27-28H2,1-2H3,(H2,44,45,46)/t32-,36-,37?,39+,40+,41+,56?/m1/s1. The van der Waals surface area contributed by atoms with Crippen molar-refractivity contribution >= 4 is 27.1 Å². The van der Waals surface area contributed by atoms with Gasteiger partial charge in [0.25, 0.3) is 7.23 Å². The number of fused-ring (bicyclic) bond motifs is 2. The molecule has 3 aromatic rings. The molecule has 1 aliphatic carbocycles. The highest BCUT2D eigenvalue weighted by Gasteiger charge is 2.81. The Kier molecular flexibility index (Phi) is 16.7. The molecule has 2 aliphatic rings. The Morgan fingerprint density at radius 3 is 2.16 bits per heavy atom. The average Bonchev–Trinajstić information content (AvgIpc) is 3.42. The van der Waals surface area contributed by atoms with E-state index >= 15 is 0 Å². The second-order valence-corrected chi connectivity index (χ2v) is 18.9. The summed E-state index contributed by atoms with van der Waals surface area (Å²) in [4.78, 5) is 15.2. The van der Waals surface area contributed by atoms with Crippen molar-refractivity contribution in [2.45, 2.75) is 172 Å². The van der Waals surface area contributed by atoms with Crippen molar-refractivity contribution in [1.29, 1.82) is 5.26 Å². The Balaban J connectivity index is 1.04. The third-order valence-corrected chi connectivity index (χ3v) is 13.1. The summed E-state index contributed by atoms with van der Waals surface area (Å²) in [5.74, 6) is -0.273. The van der Waals surface area contributed by atoms with Crippen LogP contribution in [0.5, 0.6) is 0 Å². The van der Waals surface area contributed by atoms with Gasteiger partial charge in [-0.2, -0.15) is 10.4 Å². The van der Waals surface area contributed by atoms with Gasteiger partial charge in [0.2, 0.25) is 0 Å². The van der Waals surface area contributed by atoms with Crippen molar-refractivity contribution < 1.29 is 38.0 Å². The molecule has 1 saturated heterocycles. The van der Waals surface area contributed by atoms with Crippen molar-refractivity contribution in [2.75, 3.05) is 12.3 Å². The van der Waals surface area contributed by atoms with Crippen LogP contribution in [0.4, 0.5) is 10.2 Å². The monoisotopic (exact) mass is 817 g/mol. The topological polar surface area (TPSA) is 178 Å². The summed E-state index contributed by atoms with van der Waals surface area (Å²) < 4.78 is 40.1. The van der Waals surface area contributed by atoms with Gasteiger partial charge < -0.3 is 39.4 Å².